The molecule has 4 rings (SSSR count). The monoisotopic (exact) mass is 290 g/mol. The van der Waals surface area contributed by atoms with Crippen LogP contribution in [-0.4, -0.2) is 25.7 Å². The molecule has 0 aromatic rings. The van der Waals surface area contributed by atoms with Gasteiger partial charge in [-0.25, -0.2) is 0 Å². The SMILES string of the molecule is CCOC(=O)C1CC2CC1C1C3C=CC(C3)C21C(=O)OC. The van der Waals surface area contributed by atoms with Crippen molar-refractivity contribution in [1.82, 2.24) is 0 Å². The Balaban J connectivity index is 1.70. The van der Waals surface area contributed by atoms with E-state index in [0.717, 1.165) is 19.3 Å². The zero-order valence-electron chi connectivity index (χ0n) is 12.6. The van der Waals surface area contributed by atoms with Gasteiger partial charge in [0.1, 0.15) is 0 Å². The van der Waals surface area contributed by atoms with Crippen LogP contribution in [0.1, 0.15) is 26.2 Å². The lowest BCUT2D eigenvalue weighted by molar-refractivity contribution is -0.167. The number of esters is 2. The molecule has 7 atom stereocenters. The van der Waals surface area contributed by atoms with Gasteiger partial charge in [0.25, 0.3) is 0 Å². The molecule has 4 bridgehead atoms. The molecule has 0 saturated heterocycles. The van der Waals surface area contributed by atoms with Crippen LogP contribution in [0.3, 0.4) is 0 Å². The Bertz CT molecular complexity index is 525. The van der Waals surface area contributed by atoms with Gasteiger partial charge in [-0.3, -0.25) is 9.59 Å². The molecule has 21 heavy (non-hydrogen) atoms. The standard InChI is InChI=1S/C17H22O4/c1-3-21-15(18)13-8-11-7-12(13)14-9-4-5-10(6-9)17(11,14)16(19)20-2/h4-5,9-14H,3,6-8H2,1-2H3. The number of fused-ring (bicyclic) bond motifs is 9. The zero-order valence-corrected chi connectivity index (χ0v) is 12.6. The molecule has 114 valence electrons. The Morgan fingerprint density at radius 1 is 1.24 bits per heavy atom. The Labute approximate surface area is 124 Å². The van der Waals surface area contributed by atoms with Gasteiger partial charge < -0.3 is 9.47 Å². The van der Waals surface area contributed by atoms with Gasteiger partial charge in [-0.2, -0.15) is 0 Å². The van der Waals surface area contributed by atoms with E-state index in [1.807, 2.05) is 6.92 Å². The summed E-state index contributed by atoms with van der Waals surface area (Å²) in [6, 6.07) is 0. The van der Waals surface area contributed by atoms with E-state index in [-0.39, 0.29) is 35.1 Å². The van der Waals surface area contributed by atoms with Crippen molar-refractivity contribution in [3.8, 4) is 0 Å². The lowest BCUT2D eigenvalue weighted by Crippen LogP contribution is -2.49. The Kier molecular flexibility index (Phi) is 2.76. The number of ether oxygens (including phenoxy) is 2. The first-order valence-corrected chi connectivity index (χ1v) is 8.07. The van der Waals surface area contributed by atoms with Gasteiger partial charge in [-0.15, -0.1) is 0 Å². The first-order chi connectivity index (χ1) is 10.1. The normalized spacial score (nSPS) is 48.5. The summed E-state index contributed by atoms with van der Waals surface area (Å²) in [5.74, 6) is 1.52. The van der Waals surface area contributed by atoms with Crippen LogP contribution in [0.5, 0.6) is 0 Å². The van der Waals surface area contributed by atoms with Crippen molar-refractivity contribution < 1.29 is 19.1 Å². The molecule has 0 spiro atoms. The van der Waals surface area contributed by atoms with E-state index in [0.29, 0.717) is 24.4 Å². The van der Waals surface area contributed by atoms with E-state index >= 15 is 0 Å². The summed E-state index contributed by atoms with van der Waals surface area (Å²) in [5.41, 5.74) is -0.345. The van der Waals surface area contributed by atoms with Crippen LogP contribution in [0.4, 0.5) is 0 Å². The molecular formula is C17H22O4. The molecule has 3 saturated carbocycles. The minimum atomic E-state index is -0.345. The number of allylic oxidation sites excluding steroid dienone is 2. The van der Waals surface area contributed by atoms with Crippen LogP contribution in [0.2, 0.25) is 0 Å². The quantitative estimate of drug-likeness (QED) is 0.454. The van der Waals surface area contributed by atoms with Crippen molar-refractivity contribution in [1.29, 1.82) is 0 Å². The largest absolute Gasteiger partial charge is 0.469 e. The molecule has 0 amide bonds. The molecule has 4 aliphatic carbocycles. The van der Waals surface area contributed by atoms with Crippen molar-refractivity contribution >= 4 is 11.9 Å². The summed E-state index contributed by atoms with van der Waals surface area (Å²) in [6.45, 7) is 2.29. The lowest BCUT2D eigenvalue weighted by atomic mass is 9.58. The summed E-state index contributed by atoms with van der Waals surface area (Å²) in [5, 5.41) is 0. The van der Waals surface area contributed by atoms with Crippen molar-refractivity contribution in [2.75, 3.05) is 13.7 Å². The highest BCUT2D eigenvalue weighted by Crippen LogP contribution is 2.74. The predicted octanol–water partition coefficient (Wildman–Crippen LogP) is 2.19. The molecule has 0 aliphatic heterocycles. The highest BCUT2D eigenvalue weighted by atomic mass is 16.5. The van der Waals surface area contributed by atoms with E-state index in [4.69, 9.17) is 9.47 Å². The number of hydrogen-bond donors (Lipinski definition) is 0. The van der Waals surface area contributed by atoms with Gasteiger partial charge >= 0.3 is 11.9 Å². The van der Waals surface area contributed by atoms with Gasteiger partial charge in [0, 0.05) is 0 Å². The minimum absolute atomic E-state index is 0.00881. The lowest BCUT2D eigenvalue weighted by Gasteiger charge is -2.44. The maximum absolute atomic E-state index is 12.6. The van der Waals surface area contributed by atoms with Crippen LogP contribution >= 0.6 is 0 Å². The molecule has 3 fully saturated rings. The van der Waals surface area contributed by atoms with Crippen LogP contribution in [0.15, 0.2) is 12.2 Å². The molecule has 0 heterocycles. The Morgan fingerprint density at radius 3 is 2.76 bits per heavy atom. The topological polar surface area (TPSA) is 52.6 Å². The Hall–Kier alpha value is -1.32. The van der Waals surface area contributed by atoms with Crippen molar-refractivity contribution in [3.63, 3.8) is 0 Å². The van der Waals surface area contributed by atoms with Crippen LogP contribution < -0.4 is 0 Å². The molecular weight excluding hydrogens is 268 g/mol. The highest BCUT2D eigenvalue weighted by molar-refractivity contribution is 5.82. The number of carbonyl (C=O) groups excluding carboxylic acids is 2. The number of rotatable bonds is 3. The Morgan fingerprint density at radius 2 is 2.05 bits per heavy atom. The summed E-state index contributed by atoms with van der Waals surface area (Å²) < 4.78 is 10.5. The molecule has 0 radical (unpaired) electrons. The third-order valence-electron chi connectivity index (χ3n) is 6.62. The summed E-state index contributed by atoms with van der Waals surface area (Å²) >= 11 is 0. The minimum Gasteiger partial charge on any atom is -0.469 e. The van der Waals surface area contributed by atoms with Crippen LogP contribution in [0, 0.1) is 40.9 Å². The average Bonchev–Trinajstić information content (AvgIpc) is 3.22. The first-order valence-electron chi connectivity index (χ1n) is 8.07. The van der Waals surface area contributed by atoms with Gasteiger partial charge in [0.05, 0.1) is 25.0 Å². The smallest absolute Gasteiger partial charge is 0.312 e. The first kappa shape index (κ1) is 13.4. The average molecular weight is 290 g/mol. The van der Waals surface area contributed by atoms with Crippen LogP contribution in [-0.2, 0) is 19.1 Å². The fraction of sp³-hybridized carbons (Fsp3) is 0.765. The zero-order chi connectivity index (χ0) is 14.8. The molecule has 0 aromatic heterocycles. The van der Waals surface area contributed by atoms with Crippen LogP contribution in [0.25, 0.3) is 0 Å². The van der Waals surface area contributed by atoms with Gasteiger partial charge in [0.2, 0.25) is 0 Å². The highest BCUT2D eigenvalue weighted by Gasteiger charge is 2.74. The number of hydrogen-bond acceptors (Lipinski definition) is 4. The second kappa shape index (κ2) is 4.34. The summed E-state index contributed by atoms with van der Waals surface area (Å²) in [6.07, 6.45) is 7.32. The summed E-state index contributed by atoms with van der Waals surface area (Å²) in [4.78, 5) is 24.8. The predicted molar refractivity (Wildman–Crippen MR) is 75.0 cm³/mol. The van der Waals surface area contributed by atoms with Gasteiger partial charge in [-0.1, -0.05) is 12.2 Å². The van der Waals surface area contributed by atoms with Crippen molar-refractivity contribution in [2.45, 2.75) is 26.2 Å². The third kappa shape index (κ3) is 1.41. The van der Waals surface area contributed by atoms with E-state index in [1.165, 1.54) is 7.11 Å². The molecule has 7 unspecified atom stereocenters. The number of carbonyl (C=O) groups is 2. The molecule has 4 aliphatic rings. The van der Waals surface area contributed by atoms with Gasteiger partial charge in [-0.05, 0) is 55.8 Å². The van der Waals surface area contributed by atoms with Crippen molar-refractivity contribution in [2.24, 2.45) is 40.9 Å². The molecule has 4 heteroatoms. The molecule has 4 nitrogen and oxygen atoms in total. The maximum Gasteiger partial charge on any atom is 0.312 e. The number of methoxy groups -OCH3 is 1. The van der Waals surface area contributed by atoms with E-state index in [9.17, 15) is 9.59 Å². The van der Waals surface area contributed by atoms with E-state index in [1.54, 1.807) is 0 Å². The third-order valence-corrected chi connectivity index (χ3v) is 6.62. The fourth-order valence-corrected chi connectivity index (χ4v) is 6.20. The molecule has 0 aromatic carbocycles. The van der Waals surface area contributed by atoms with E-state index < -0.39 is 0 Å². The van der Waals surface area contributed by atoms with E-state index in [2.05, 4.69) is 12.2 Å². The van der Waals surface area contributed by atoms with Crippen molar-refractivity contribution in [3.05, 3.63) is 12.2 Å². The fourth-order valence-electron chi connectivity index (χ4n) is 6.20. The molecule has 0 N–H and O–H groups in total. The van der Waals surface area contributed by atoms with Gasteiger partial charge in [0.15, 0.2) is 0 Å². The maximum atomic E-state index is 12.6. The summed E-state index contributed by atoms with van der Waals surface area (Å²) in [7, 11) is 1.50. The second-order valence-electron chi connectivity index (χ2n) is 7.03. The second-order valence-corrected chi connectivity index (χ2v) is 7.03.